The summed E-state index contributed by atoms with van der Waals surface area (Å²) in [5.41, 5.74) is 2.06. The average Bonchev–Trinajstić information content (AvgIpc) is 2.83. The molecule has 0 bridgehead atoms. The normalized spacial score (nSPS) is 15.8. The van der Waals surface area contributed by atoms with Gasteiger partial charge in [-0.05, 0) is 12.1 Å². The van der Waals surface area contributed by atoms with Gasteiger partial charge in [0.15, 0.2) is 6.29 Å². The van der Waals surface area contributed by atoms with Crippen LogP contribution in [0.25, 0.3) is 0 Å². The van der Waals surface area contributed by atoms with Crippen LogP contribution >= 0.6 is 15.9 Å². The van der Waals surface area contributed by atoms with Gasteiger partial charge in [-0.15, -0.1) is 0 Å². The summed E-state index contributed by atoms with van der Waals surface area (Å²) in [4.78, 5) is 0. The van der Waals surface area contributed by atoms with Crippen LogP contribution in [-0.4, -0.2) is 18.5 Å². The lowest BCUT2D eigenvalue weighted by Gasteiger charge is -2.08. The van der Waals surface area contributed by atoms with E-state index < -0.39 is 0 Å². The Morgan fingerprint density at radius 3 is 2.88 bits per heavy atom. The molecule has 1 aromatic carbocycles. The average molecular weight is 281 g/mol. The molecule has 1 heterocycles. The first-order chi connectivity index (χ1) is 7.90. The lowest BCUT2D eigenvalue weighted by atomic mass is 10.1. The predicted molar refractivity (Wildman–Crippen MR) is 66.4 cm³/mol. The summed E-state index contributed by atoms with van der Waals surface area (Å²) in [5.74, 6) is 6.21. The monoisotopic (exact) mass is 280 g/mol. The van der Waals surface area contributed by atoms with Gasteiger partial charge in [0, 0.05) is 22.9 Å². The Hall–Kier alpha value is -0.820. The maximum Gasteiger partial charge on any atom is 0.184 e. The summed E-state index contributed by atoms with van der Waals surface area (Å²) in [7, 11) is 0. The number of benzene rings is 1. The lowest BCUT2D eigenvalue weighted by molar-refractivity contribution is -0.0441. The van der Waals surface area contributed by atoms with E-state index in [1.807, 2.05) is 24.3 Å². The molecule has 0 saturated carbocycles. The summed E-state index contributed by atoms with van der Waals surface area (Å²) >= 11 is 3.35. The van der Waals surface area contributed by atoms with E-state index in [0.717, 1.165) is 22.9 Å². The molecule has 84 valence electrons. The SMILES string of the molecule is BrCCC#Cc1cccc(C2OCCO2)c1. The molecule has 1 saturated heterocycles. The van der Waals surface area contributed by atoms with Gasteiger partial charge in [0.05, 0.1) is 13.2 Å². The summed E-state index contributed by atoms with van der Waals surface area (Å²) < 4.78 is 10.9. The molecular formula is C13H13BrO2. The van der Waals surface area contributed by atoms with Crippen LogP contribution in [0.2, 0.25) is 0 Å². The van der Waals surface area contributed by atoms with Crippen molar-refractivity contribution in [3.63, 3.8) is 0 Å². The van der Waals surface area contributed by atoms with Gasteiger partial charge in [0.25, 0.3) is 0 Å². The van der Waals surface area contributed by atoms with Crippen molar-refractivity contribution in [2.45, 2.75) is 12.7 Å². The van der Waals surface area contributed by atoms with Crippen molar-refractivity contribution in [1.29, 1.82) is 0 Å². The van der Waals surface area contributed by atoms with Crippen molar-refractivity contribution in [3.8, 4) is 11.8 Å². The number of ether oxygens (including phenoxy) is 2. The molecule has 0 unspecified atom stereocenters. The van der Waals surface area contributed by atoms with E-state index in [1.165, 1.54) is 0 Å². The Bertz CT molecular complexity index is 400. The number of halogens is 1. The minimum atomic E-state index is -0.210. The van der Waals surface area contributed by atoms with Crippen molar-refractivity contribution < 1.29 is 9.47 Å². The molecule has 0 aromatic heterocycles. The van der Waals surface area contributed by atoms with E-state index in [2.05, 4.69) is 27.8 Å². The van der Waals surface area contributed by atoms with Gasteiger partial charge in [-0.2, -0.15) is 0 Å². The highest BCUT2D eigenvalue weighted by molar-refractivity contribution is 9.09. The molecular weight excluding hydrogens is 268 g/mol. The summed E-state index contributed by atoms with van der Waals surface area (Å²) in [6.45, 7) is 1.34. The van der Waals surface area contributed by atoms with Crippen LogP contribution in [0.1, 0.15) is 23.8 Å². The van der Waals surface area contributed by atoms with Gasteiger partial charge in [0.1, 0.15) is 0 Å². The number of hydrogen-bond donors (Lipinski definition) is 0. The molecule has 1 aliphatic heterocycles. The highest BCUT2D eigenvalue weighted by atomic mass is 79.9. The summed E-state index contributed by atoms with van der Waals surface area (Å²) in [6, 6.07) is 8.01. The standard InChI is InChI=1S/C13H13BrO2/c14-7-2-1-4-11-5-3-6-12(10-11)13-15-8-9-16-13/h3,5-6,10,13H,2,7-9H2. The molecule has 0 aliphatic carbocycles. The van der Waals surface area contributed by atoms with Gasteiger partial charge in [-0.1, -0.05) is 39.9 Å². The van der Waals surface area contributed by atoms with Crippen LogP contribution in [0.3, 0.4) is 0 Å². The maximum atomic E-state index is 5.44. The summed E-state index contributed by atoms with van der Waals surface area (Å²) in [5, 5.41) is 0.911. The van der Waals surface area contributed by atoms with Crippen molar-refractivity contribution in [1.82, 2.24) is 0 Å². The number of hydrogen-bond acceptors (Lipinski definition) is 2. The molecule has 1 aliphatic rings. The van der Waals surface area contributed by atoms with Gasteiger partial charge >= 0.3 is 0 Å². The predicted octanol–water partition coefficient (Wildman–Crippen LogP) is 2.87. The largest absolute Gasteiger partial charge is 0.346 e. The second-order valence-electron chi connectivity index (χ2n) is 3.44. The fraction of sp³-hybridized carbons (Fsp3) is 0.385. The van der Waals surface area contributed by atoms with Crippen LogP contribution < -0.4 is 0 Å². The third-order valence-electron chi connectivity index (χ3n) is 2.23. The number of alkyl halides is 1. The van der Waals surface area contributed by atoms with Crippen molar-refractivity contribution in [2.24, 2.45) is 0 Å². The van der Waals surface area contributed by atoms with E-state index in [9.17, 15) is 0 Å². The second kappa shape index (κ2) is 6.05. The Labute approximate surface area is 104 Å². The zero-order valence-corrected chi connectivity index (χ0v) is 10.5. The van der Waals surface area contributed by atoms with E-state index in [4.69, 9.17) is 9.47 Å². The molecule has 0 radical (unpaired) electrons. The third-order valence-corrected chi connectivity index (χ3v) is 2.63. The Kier molecular flexibility index (Phi) is 4.41. The molecule has 1 aromatic rings. The maximum absolute atomic E-state index is 5.44. The van der Waals surface area contributed by atoms with E-state index in [-0.39, 0.29) is 6.29 Å². The van der Waals surface area contributed by atoms with Crippen LogP contribution in [-0.2, 0) is 9.47 Å². The van der Waals surface area contributed by atoms with Gasteiger partial charge in [0.2, 0.25) is 0 Å². The molecule has 0 spiro atoms. The molecule has 0 atom stereocenters. The topological polar surface area (TPSA) is 18.5 Å². The molecule has 2 nitrogen and oxygen atoms in total. The Balaban J connectivity index is 2.10. The third kappa shape index (κ3) is 3.08. The van der Waals surface area contributed by atoms with Crippen molar-refractivity contribution in [2.75, 3.05) is 18.5 Å². The van der Waals surface area contributed by atoms with Crippen LogP contribution in [0, 0.1) is 11.8 Å². The number of rotatable bonds is 2. The first kappa shape index (κ1) is 11.7. The second-order valence-corrected chi connectivity index (χ2v) is 4.23. The minimum absolute atomic E-state index is 0.210. The highest BCUT2D eigenvalue weighted by Crippen LogP contribution is 2.23. The van der Waals surface area contributed by atoms with Gasteiger partial charge in [-0.25, -0.2) is 0 Å². The molecule has 16 heavy (non-hydrogen) atoms. The van der Waals surface area contributed by atoms with Gasteiger partial charge < -0.3 is 9.47 Å². The quantitative estimate of drug-likeness (QED) is 0.613. The zero-order chi connectivity index (χ0) is 11.2. The van der Waals surface area contributed by atoms with Crippen LogP contribution in [0.5, 0.6) is 0 Å². The molecule has 3 heteroatoms. The molecule has 2 rings (SSSR count). The van der Waals surface area contributed by atoms with Crippen molar-refractivity contribution in [3.05, 3.63) is 35.4 Å². The first-order valence-corrected chi connectivity index (χ1v) is 6.40. The first-order valence-electron chi connectivity index (χ1n) is 5.28. The van der Waals surface area contributed by atoms with Crippen molar-refractivity contribution >= 4 is 15.9 Å². The molecule has 0 amide bonds. The zero-order valence-electron chi connectivity index (χ0n) is 8.91. The van der Waals surface area contributed by atoms with Gasteiger partial charge in [-0.3, -0.25) is 0 Å². The Morgan fingerprint density at radius 1 is 1.31 bits per heavy atom. The molecule has 1 fully saturated rings. The smallest absolute Gasteiger partial charge is 0.184 e. The van der Waals surface area contributed by atoms with E-state index in [1.54, 1.807) is 0 Å². The fourth-order valence-corrected chi connectivity index (χ4v) is 1.72. The summed E-state index contributed by atoms with van der Waals surface area (Å²) in [6.07, 6.45) is 0.652. The van der Waals surface area contributed by atoms with E-state index >= 15 is 0 Å². The highest BCUT2D eigenvalue weighted by Gasteiger charge is 2.17. The van der Waals surface area contributed by atoms with Crippen LogP contribution in [0.4, 0.5) is 0 Å². The molecule has 0 N–H and O–H groups in total. The van der Waals surface area contributed by atoms with Crippen LogP contribution in [0.15, 0.2) is 24.3 Å². The Morgan fingerprint density at radius 2 is 2.12 bits per heavy atom. The van der Waals surface area contributed by atoms with E-state index in [0.29, 0.717) is 13.2 Å². The fourth-order valence-electron chi connectivity index (χ4n) is 1.53. The lowest BCUT2D eigenvalue weighted by Crippen LogP contribution is -1.97. The minimum Gasteiger partial charge on any atom is -0.346 e.